The van der Waals surface area contributed by atoms with Gasteiger partial charge >= 0.3 is 0 Å². The summed E-state index contributed by atoms with van der Waals surface area (Å²) in [6, 6.07) is 4.43. The average molecular weight is 232 g/mol. The first kappa shape index (κ1) is 13.5. The van der Waals surface area contributed by atoms with Crippen molar-refractivity contribution < 1.29 is 0 Å². The molecule has 4 nitrogen and oxygen atoms in total. The number of aryl methyl sites for hydroxylation is 2. The SMILES string of the molecule is Cc1cc(NC(C)CN(C)C)c(C#N)c(C)n1. The van der Waals surface area contributed by atoms with E-state index < -0.39 is 0 Å². The fourth-order valence-electron chi connectivity index (χ4n) is 1.94. The molecule has 1 unspecified atom stereocenters. The van der Waals surface area contributed by atoms with Crippen molar-refractivity contribution in [3.8, 4) is 6.07 Å². The maximum atomic E-state index is 9.14. The summed E-state index contributed by atoms with van der Waals surface area (Å²) < 4.78 is 0. The first-order valence-corrected chi connectivity index (χ1v) is 5.73. The summed E-state index contributed by atoms with van der Waals surface area (Å²) in [5, 5.41) is 12.5. The molecular formula is C13H20N4. The number of nitrogens with zero attached hydrogens (tertiary/aromatic N) is 3. The predicted molar refractivity (Wildman–Crippen MR) is 70.1 cm³/mol. The summed E-state index contributed by atoms with van der Waals surface area (Å²) in [6.07, 6.45) is 0. The lowest BCUT2D eigenvalue weighted by molar-refractivity contribution is 0.392. The molecule has 0 fully saturated rings. The Labute approximate surface area is 103 Å². The van der Waals surface area contributed by atoms with Gasteiger partial charge in [-0.2, -0.15) is 5.26 Å². The molecule has 0 bridgehead atoms. The van der Waals surface area contributed by atoms with Crippen LogP contribution in [0.1, 0.15) is 23.9 Å². The molecule has 0 aliphatic rings. The number of aromatic nitrogens is 1. The molecule has 1 rings (SSSR count). The van der Waals surface area contributed by atoms with Gasteiger partial charge in [0.15, 0.2) is 0 Å². The van der Waals surface area contributed by atoms with Crippen LogP contribution < -0.4 is 5.32 Å². The third-order valence-corrected chi connectivity index (χ3v) is 2.48. The number of nitrogens with one attached hydrogen (secondary N) is 1. The molecule has 0 aliphatic heterocycles. The fraction of sp³-hybridized carbons (Fsp3) is 0.538. The minimum atomic E-state index is 0.290. The van der Waals surface area contributed by atoms with Crippen LogP contribution in [-0.4, -0.2) is 36.6 Å². The molecule has 1 heterocycles. The van der Waals surface area contributed by atoms with Crippen molar-refractivity contribution in [2.24, 2.45) is 0 Å². The number of hydrogen-bond acceptors (Lipinski definition) is 4. The lowest BCUT2D eigenvalue weighted by Gasteiger charge is -2.20. The molecule has 4 heteroatoms. The zero-order valence-corrected chi connectivity index (χ0v) is 11.2. The summed E-state index contributed by atoms with van der Waals surface area (Å²) in [4.78, 5) is 6.42. The second kappa shape index (κ2) is 5.65. The summed E-state index contributed by atoms with van der Waals surface area (Å²) in [5.74, 6) is 0. The van der Waals surface area contributed by atoms with Crippen molar-refractivity contribution >= 4 is 5.69 Å². The Morgan fingerprint density at radius 1 is 1.47 bits per heavy atom. The van der Waals surface area contributed by atoms with E-state index in [1.54, 1.807) is 0 Å². The van der Waals surface area contributed by atoms with Gasteiger partial charge in [-0.3, -0.25) is 4.98 Å². The lowest BCUT2D eigenvalue weighted by atomic mass is 10.1. The lowest BCUT2D eigenvalue weighted by Crippen LogP contribution is -2.30. The predicted octanol–water partition coefficient (Wildman–Crippen LogP) is 1.93. The van der Waals surface area contributed by atoms with E-state index in [9.17, 15) is 0 Å². The van der Waals surface area contributed by atoms with Crippen LogP contribution in [0.3, 0.4) is 0 Å². The minimum absolute atomic E-state index is 0.290. The van der Waals surface area contributed by atoms with E-state index in [4.69, 9.17) is 5.26 Å². The third kappa shape index (κ3) is 3.72. The highest BCUT2D eigenvalue weighted by Gasteiger charge is 2.10. The van der Waals surface area contributed by atoms with E-state index in [2.05, 4.69) is 28.2 Å². The van der Waals surface area contributed by atoms with Gasteiger partial charge in [-0.05, 0) is 40.9 Å². The zero-order valence-electron chi connectivity index (χ0n) is 11.2. The van der Waals surface area contributed by atoms with Gasteiger partial charge in [0.2, 0.25) is 0 Å². The van der Waals surface area contributed by atoms with Crippen LogP contribution >= 0.6 is 0 Å². The first-order valence-electron chi connectivity index (χ1n) is 5.73. The Balaban J connectivity index is 2.94. The average Bonchev–Trinajstić information content (AvgIpc) is 2.15. The molecule has 0 aromatic carbocycles. The molecule has 0 radical (unpaired) electrons. The molecule has 17 heavy (non-hydrogen) atoms. The molecular weight excluding hydrogens is 212 g/mol. The standard InChI is InChI=1S/C13H20N4/c1-9-6-13(12(7-14)11(3)15-9)16-10(2)8-17(4)5/h6,10H,8H2,1-5H3,(H,15,16). The maximum Gasteiger partial charge on any atom is 0.103 e. The zero-order chi connectivity index (χ0) is 13.0. The van der Waals surface area contributed by atoms with Gasteiger partial charge < -0.3 is 10.2 Å². The Morgan fingerprint density at radius 2 is 2.12 bits per heavy atom. The molecule has 0 saturated carbocycles. The molecule has 1 N–H and O–H groups in total. The molecule has 92 valence electrons. The molecule has 1 atom stereocenters. The summed E-state index contributed by atoms with van der Waals surface area (Å²) in [7, 11) is 4.07. The second-order valence-corrected chi connectivity index (χ2v) is 4.69. The molecule has 0 amide bonds. The molecule has 0 saturated heterocycles. The number of anilines is 1. The Bertz CT molecular complexity index is 432. The van der Waals surface area contributed by atoms with Crippen LogP contribution in [0.5, 0.6) is 0 Å². The van der Waals surface area contributed by atoms with Crippen molar-refractivity contribution in [3.63, 3.8) is 0 Å². The van der Waals surface area contributed by atoms with E-state index in [1.807, 2.05) is 34.0 Å². The van der Waals surface area contributed by atoms with Gasteiger partial charge in [0.1, 0.15) is 6.07 Å². The van der Waals surface area contributed by atoms with Crippen LogP contribution in [0.25, 0.3) is 0 Å². The number of pyridine rings is 1. The molecule has 1 aromatic rings. The van der Waals surface area contributed by atoms with Crippen LogP contribution in [0.2, 0.25) is 0 Å². The largest absolute Gasteiger partial charge is 0.380 e. The van der Waals surface area contributed by atoms with Crippen molar-refractivity contribution in [2.45, 2.75) is 26.8 Å². The monoisotopic (exact) mass is 232 g/mol. The van der Waals surface area contributed by atoms with Crippen LogP contribution in [0.4, 0.5) is 5.69 Å². The Morgan fingerprint density at radius 3 is 2.65 bits per heavy atom. The van der Waals surface area contributed by atoms with E-state index in [0.717, 1.165) is 23.6 Å². The Kier molecular flexibility index (Phi) is 4.47. The molecule has 0 aliphatic carbocycles. The summed E-state index contributed by atoms with van der Waals surface area (Å²) in [5.41, 5.74) is 3.24. The highest BCUT2D eigenvalue weighted by Crippen LogP contribution is 2.19. The van der Waals surface area contributed by atoms with Gasteiger partial charge in [-0.25, -0.2) is 0 Å². The minimum Gasteiger partial charge on any atom is -0.380 e. The third-order valence-electron chi connectivity index (χ3n) is 2.48. The van der Waals surface area contributed by atoms with Crippen LogP contribution in [-0.2, 0) is 0 Å². The fourth-order valence-corrected chi connectivity index (χ4v) is 1.94. The highest BCUT2D eigenvalue weighted by molar-refractivity contribution is 5.60. The smallest absolute Gasteiger partial charge is 0.103 e. The van der Waals surface area contributed by atoms with Crippen molar-refractivity contribution in [1.82, 2.24) is 9.88 Å². The van der Waals surface area contributed by atoms with Gasteiger partial charge in [0, 0.05) is 18.3 Å². The molecule has 0 spiro atoms. The van der Waals surface area contributed by atoms with E-state index >= 15 is 0 Å². The number of hydrogen-bond donors (Lipinski definition) is 1. The normalized spacial score (nSPS) is 12.3. The number of rotatable bonds is 4. The summed E-state index contributed by atoms with van der Waals surface area (Å²) in [6.45, 7) is 6.83. The van der Waals surface area contributed by atoms with Gasteiger partial charge in [0.25, 0.3) is 0 Å². The number of nitriles is 1. The van der Waals surface area contributed by atoms with E-state index in [-0.39, 0.29) is 0 Å². The van der Waals surface area contributed by atoms with Crippen LogP contribution in [0, 0.1) is 25.2 Å². The van der Waals surface area contributed by atoms with Crippen molar-refractivity contribution in [2.75, 3.05) is 26.0 Å². The topological polar surface area (TPSA) is 52.0 Å². The van der Waals surface area contributed by atoms with Crippen molar-refractivity contribution in [3.05, 3.63) is 23.0 Å². The van der Waals surface area contributed by atoms with Crippen LogP contribution in [0.15, 0.2) is 6.07 Å². The first-order chi connectivity index (χ1) is 7.93. The second-order valence-electron chi connectivity index (χ2n) is 4.69. The number of likely N-dealkylation sites (N-methyl/N-ethyl adjacent to an activating group) is 1. The van der Waals surface area contributed by atoms with E-state index in [0.29, 0.717) is 11.6 Å². The van der Waals surface area contributed by atoms with Crippen molar-refractivity contribution in [1.29, 1.82) is 5.26 Å². The Hall–Kier alpha value is -1.60. The quantitative estimate of drug-likeness (QED) is 0.862. The van der Waals surface area contributed by atoms with Gasteiger partial charge in [-0.1, -0.05) is 0 Å². The molecule has 1 aromatic heterocycles. The van der Waals surface area contributed by atoms with Gasteiger partial charge in [-0.15, -0.1) is 0 Å². The summed E-state index contributed by atoms with van der Waals surface area (Å²) >= 11 is 0. The van der Waals surface area contributed by atoms with Gasteiger partial charge in [0.05, 0.1) is 16.9 Å². The van der Waals surface area contributed by atoms with E-state index in [1.165, 1.54) is 0 Å². The maximum absolute atomic E-state index is 9.14. The highest BCUT2D eigenvalue weighted by atomic mass is 15.1.